The van der Waals surface area contributed by atoms with Crippen molar-refractivity contribution in [3.8, 4) is 0 Å². The van der Waals surface area contributed by atoms with Crippen molar-refractivity contribution < 1.29 is 4.79 Å². The molecule has 1 amide bonds. The van der Waals surface area contributed by atoms with Gasteiger partial charge in [-0.15, -0.1) is 10.2 Å². The molecule has 0 bridgehead atoms. The standard InChI is InChI=1S/C10H13N5OS/c1-6(2)9-13-14-10(17-9)12-8(16)7-4-5-11-15(7)3/h4-6H,1-3H3,(H,12,14,16). The van der Waals surface area contributed by atoms with Gasteiger partial charge in [0.2, 0.25) is 5.13 Å². The lowest BCUT2D eigenvalue weighted by Crippen LogP contribution is -2.15. The summed E-state index contributed by atoms with van der Waals surface area (Å²) >= 11 is 1.39. The van der Waals surface area contributed by atoms with Gasteiger partial charge in [-0.05, 0) is 6.07 Å². The molecule has 1 N–H and O–H groups in total. The largest absolute Gasteiger partial charge is 0.295 e. The maximum absolute atomic E-state index is 11.8. The summed E-state index contributed by atoms with van der Waals surface area (Å²) in [5.74, 6) is 0.0892. The number of amides is 1. The Morgan fingerprint density at radius 1 is 1.47 bits per heavy atom. The normalized spacial score (nSPS) is 10.8. The number of hydrogen-bond donors (Lipinski definition) is 1. The molecule has 90 valence electrons. The van der Waals surface area contributed by atoms with Crippen molar-refractivity contribution >= 4 is 22.4 Å². The molecule has 2 aromatic rings. The van der Waals surface area contributed by atoms with Gasteiger partial charge in [0.25, 0.3) is 5.91 Å². The first-order valence-electron chi connectivity index (χ1n) is 5.20. The van der Waals surface area contributed by atoms with Crippen LogP contribution in [0, 0.1) is 0 Å². The molecule has 17 heavy (non-hydrogen) atoms. The number of hydrogen-bond acceptors (Lipinski definition) is 5. The number of aryl methyl sites for hydroxylation is 1. The molecule has 0 fully saturated rings. The molecular formula is C10H13N5OS. The second kappa shape index (κ2) is 4.62. The summed E-state index contributed by atoms with van der Waals surface area (Å²) in [6.07, 6.45) is 1.58. The van der Waals surface area contributed by atoms with Gasteiger partial charge in [0.15, 0.2) is 0 Å². The molecule has 0 radical (unpaired) electrons. The van der Waals surface area contributed by atoms with Crippen LogP contribution in [-0.4, -0.2) is 25.9 Å². The number of nitrogens with zero attached hydrogens (tertiary/aromatic N) is 4. The third kappa shape index (κ3) is 2.50. The summed E-state index contributed by atoms with van der Waals surface area (Å²) in [6, 6.07) is 1.65. The molecule has 0 unspecified atom stereocenters. The van der Waals surface area contributed by atoms with Crippen molar-refractivity contribution in [3.05, 3.63) is 23.0 Å². The van der Waals surface area contributed by atoms with E-state index in [0.29, 0.717) is 16.7 Å². The maximum Gasteiger partial charge on any atom is 0.275 e. The first kappa shape index (κ1) is 11.7. The SMILES string of the molecule is CC(C)c1nnc(NC(=O)c2ccnn2C)s1. The average molecular weight is 251 g/mol. The predicted molar refractivity (Wildman–Crippen MR) is 65.2 cm³/mol. The Morgan fingerprint density at radius 3 is 2.76 bits per heavy atom. The lowest BCUT2D eigenvalue weighted by Gasteiger charge is -2.00. The Balaban J connectivity index is 2.11. The number of aromatic nitrogens is 4. The summed E-state index contributed by atoms with van der Waals surface area (Å²) in [4.78, 5) is 11.8. The van der Waals surface area contributed by atoms with Crippen LogP contribution in [0.4, 0.5) is 5.13 Å². The monoisotopic (exact) mass is 251 g/mol. The van der Waals surface area contributed by atoms with Crippen LogP contribution in [0.1, 0.15) is 35.3 Å². The Morgan fingerprint density at radius 2 is 2.24 bits per heavy atom. The summed E-state index contributed by atoms with van der Waals surface area (Å²) in [5.41, 5.74) is 0.492. The highest BCUT2D eigenvalue weighted by molar-refractivity contribution is 7.15. The zero-order chi connectivity index (χ0) is 12.4. The van der Waals surface area contributed by atoms with E-state index in [1.807, 2.05) is 13.8 Å². The van der Waals surface area contributed by atoms with Crippen LogP contribution in [-0.2, 0) is 7.05 Å². The molecule has 0 aliphatic carbocycles. The van der Waals surface area contributed by atoms with Crippen LogP contribution in [0.5, 0.6) is 0 Å². The minimum atomic E-state index is -0.226. The highest BCUT2D eigenvalue weighted by Crippen LogP contribution is 2.22. The Bertz CT molecular complexity index is 530. The van der Waals surface area contributed by atoms with E-state index < -0.39 is 0 Å². The van der Waals surface area contributed by atoms with Gasteiger partial charge in [0.05, 0.1) is 0 Å². The minimum Gasteiger partial charge on any atom is -0.295 e. The van der Waals surface area contributed by atoms with Gasteiger partial charge >= 0.3 is 0 Å². The van der Waals surface area contributed by atoms with Crippen molar-refractivity contribution in [2.75, 3.05) is 5.32 Å². The summed E-state index contributed by atoms with van der Waals surface area (Å²) in [7, 11) is 1.72. The number of rotatable bonds is 3. The highest BCUT2D eigenvalue weighted by Gasteiger charge is 2.13. The number of carbonyl (C=O) groups is 1. The molecule has 0 aromatic carbocycles. The van der Waals surface area contributed by atoms with Crippen molar-refractivity contribution in [2.24, 2.45) is 7.05 Å². The van der Waals surface area contributed by atoms with E-state index in [-0.39, 0.29) is 5.91 Å². The highest BCUT2D eigenvalue weighted by atomic mass is 32.1. The molecule has 2 heterocycles. The molecule has 7 heteroatoms. The van der Waals surface area contributed by atoms with Crippen molar-refractivity contribution in [2.45, 2.75) is 19.8 Å². The third-order valence-corrected chi connectivity index (χ3v) is 3.35. The van der Waals surface area contributed by atoms with Crippen molar-refractivity contribution in [1.29, 1.82) is 0 Å². The minimum absolute atomic E-state index is 0.226. The fraction of sp³-hybridized carbons (Fsp3) is 0.400. The van der Waals surface area contributed by atoms with Gasteiger partial charge in [-0.2, -0.15) is 5.10 Å². The van der Waals surface area contributed by atoms with E-state index in [4.69, 9.17) is 0 Å². The molecule has 0 aliphatic rings. The van der Waals surface area contributed by atoms with Gasteiger partial charge in [-0.1, -0.05) is 25.2 Å². The average Bonchev–Trinajstić information content (AvgIpc) is 2.86. The number of nitrogens with one attached hydrogen (secondary N) is 1. The van der Waals surface area contributed by atoms with E-state index in [1.165, 1.54) is 16.0 Å². The van der Waals surface area contributed by atoms with Crippen LogP contribution in [0.25, 0.3) is 0 Å². The van der Waals surface area contributed by atoms with Gasteiger partial charge < -0.3 is 0 Å². The van der Waals surface area contributed by atoms with E-state index in [9.17, 15) is 4.79 Å². The molecule has 6 nitrogen and oxygen atoms in total. The lowest BCUT2D eigenvalue weighted by molar-refractivity contribution is 0.101. The summed E-state index contributed by atoms with van der Waals surface area (Å²) in [6.45, 7) is 4.07. The smallest absolute Gasteiger partial charge is 0.275 e. The van der Waals surface area contributed by atoms with Crippen LogP contribution >= 0.6 is 11.3 Å². The fourth-order valence-electron chi connectivity index (χ4n) is 1.28. The van der Waals surface area contributed by atoms with Crippen LogP contribution < -0.4 is 5.32 Å². The zero-order valence-corrected chi connectivity index (χ0v) is 10.7. The number of anilines is 1. The quantitative estimate of drug-likeness (QED) is 0.900. The Kier molecular flexibility index (Phi) is 3.19. The third-order valence-electron chi connectivity index (χ3n) is 2.21. The van der Waals surface area contributed by atoms with Gasteiger partial charge in [-0.25, -0.2) is 0 Å². The second-order valence-corrected chi connectivity index (χ2v) is 4.90. The Hall–Kier alpha value is -1.76. The van der Waals surface area contributed by atoms with E-state index in [0.717, 1.165) is 5.01 Å². The van der Waals surface area contributed by atoms with E-state index in [1.54, 1.807) is 19.3 Å². The molecule has 2 rings (SSSR count). The first-order valence-corrected chi connectivity index (χ1v) is 6.02. The van der Waals surface area contributed by atoms with E-state index >= 15 is 0 Å². The second-order valence-electron chi connectivity index (χ2n) is 3.89. The predicted octanol–water partition coefficient (Wildman–Crippen LogP) is 1.65. The van der Waals surface area contributed by atoms with Gasteiger partial charge in [0, 0.05) is 19.2 Å². The topological polar surface area (TPSA) is 72.7 Å². The van der Waals surface area contributed by atoms with Gasteiger partial charge in [-0.3, -0.25) is 14.8 Å². The molecule has 0 aliphatic heterocycles. The van der Waals surface area contributed by atoms with Crippen LogP contribution in [0.15, 0.2) is 12.3 Å². The molecule has 2 aromatic heterocycles. The molecule has 0 saturated carbocycles. The molecular weight excluding hydrogens is 238 g/mol. The zero-order valence-electron chi connectivity index (χ0n) is 9.84. The fourth-order valence-corrected chi connectivity index (χ4v) is 2.02. The lowest BCUT2D eigenvalue weighted by atomic mass is 10.2. The summed E-state index contributed by atoms with van der Waals surface area (Å²) < 4.78 is 1.51. The van der Waals surface area contributed by atoms with Crippen LogP contribution in [0.2, 0.25) is 0 Å². The van der Waals surface area contributed by atoms with Crippen LogP contribution in [0.3, 0.4) is 0 Å². The first-order chi connectivity index (χ1) is 8.08. The number of carbonyl (C=O) groups excluding carboxylic acids is 1. The molecule has 0 atom stereocenters. The van der Waals surface area contributed by atoms with Crippen molar-refractivity contribution in [3.63, 3.8) is 0 Å². The molecule has 0 saturated heterocycles. The molecule has 0 spiro atoms. The van der Waals surface area contributed by atoms with E-state index in [2.05, 4.69) is 20.6 Å². The summed E-state index contributed by atoms with van der Waals surface area (Å²) in [5, 5.41) is 16.0. The van der Waals surface area contributed by atoms with Crippen molar-refractivity contribution in [1.82, 2.24) is 20.0 Å². The Labute approximate surface area is 103 Å². The van der Waals surface area contributed by atoms with Gasteiger partial charge in [0.1, 0.15) is 10.7 Å². The maximum atomic E-state index is 11.8.